The SMILES string of the molecule is CC(C)(C)OC(=O)N1CCN(C(=O)[C@H](Cc2ccc(OS(=O)(=O)c3ccc(Br)cc3)cc2)NC(=O)OCc2ccccc2)CC1. The summed E-state index contributed by atoms with van der Waals surface area (Å²) < 4.78 is 42.2. The highest BCUT2D eigenvalue weighted by atomic mass is 79.9. The summed E-state index contributed by atoms with van der Waals surface area (Å²) in [4.78, 5) is 42.1. The molecule has 1 aliphatic rings. The highest BCUT2D eigenvalue weighted by molar-refractivity contribution is 9.10. The van der Waals surface area contributed by atoms with Crippen LogP contribution in [0.2, 0.25) is 0 Å². The molecule has 13 heteroatoms. The Morgan fingerprint density at radius 3 is 2.04 bits per heavy atom. The number of nitrogens with zero attached hydrogens (tertiary/aromatic N) is 2. The van der Waals surface area contributed by atoms with Crippen LogP contribution in [0.4, 0.5) is 9.59 Å². The summed E-state index contributed by atoms with van der Waals surface area (Å²) in [5.74, 6) is -0.244. The lowest BCUT2D eigenvalue weighted by Crippen LogP contribution is -2.56. The molecule has 0 radical (unpaired) electrons. The van der Waals surface area contributed by atoms with E-state index in [0.717, 1.165) is 10.0 Å². The van der Waals surface area contributed by atoms with Crippen molar-refractivity contribution in [3.05, 3.63) is 94.5 Å². The van der Waals surface area contributed by atoms with Crippen LogP contribution in [0.5, 0.6) is 5.75 Å². The second kappa shape index (κ2) is 14.8. The van der Waals surface area contributed by atoms with Gasteiger partial charge in [0.2, 0.25) is 5.91 Å². The van der Waals surface area contributed by atoms with Gasteiger partial charge in [-0.2, -0.15) is 8.42 Å². The van der Waals surface area contributed by atoms with E-state index in [0.29, 0.717) is 5.56 Å². The molecule has 0 spiro atoms. The van der Waals surface area contributed by atoms with E-state index in [1.807, 2.05) is 30.3 Å². The van der Waals surface area contributed by atoms with E-state index >= 15 is 0 Å². The molecular formula is C32H36BrN3O8S. The Bertz CT molecular complexity index is 1570. The van der Waals surface area contributed by atoms with Gasteiger partial charge in [-0.15, -0.1) is 0 Å². The fourth-order valence-corrected chi connectivity index (χ4v) is 5.65. The van der Waals surface area contributed by atoms with Crippen LogP contribution in [0.3, 0.4) is 0 Å². The molecule has 1 fully saturated rings. The Morgan fingerprint density at radius 2 is 1.44 bits per heavy atom. The summed E-state index contributed by atoms with van der Waals surface area (Å²) in [5.41, 5.74) is 0.808. The fraction of sp³-hybridized carbons (Fsp3) is 0.344. The maximum absolute atomic E-state index is 13.7. The van der Waals surface area contributed by atoms with E-state index in [1.165, 1.54) is 24.3 Å². The Morgan fingerprint density at radius 1 is 0.844 bits per heavy atom. The zero-order valence-corrected chi connectivity index (χ0v) is 27.7. The van der Waals surface area contributed by atoms with Gasteiger partial charge in [0.05, 0.1) is 0 Å². The van der Waals surface area contributed by atoms with E-state index < -0.39 is 33.9 Å². The number of amides is 3. The van der Waals surface area contributed by atoms with E-state index in [-0.39, 0.29) is 55.8 Å². The Hall–Kier alpha value is -4.10. The monoisotopic (exact) mass is 701 g/mol. The quantitative estimate of drug-likeness (QED) is 0.304. The van der Waals surface area contributed by atoms with Crippen LogP contribution in [-0.4, -0.2) is 74.1 Å². The van der Waals surface area contributed by atoms with Gasteiger partial charge in [-0.1, -0.05) is 58.4 Å². The highest BCUT2D eigenvalue weighted by Gasteiger charge is 2.32. The topological polar surface area (TPSA) is 132 Å². The first-order valence-corrected chi connectivity index (χ1v) is 16.5. The maximum atomic E-state index is 13.7. The van der Waals surface area contributed by atoms with Crippen molar-refractivity contribution in [2.45, 2.75) is 50.3 Å². The first kappa shape index (κ1) is 33.8. The second-order valence-electron chi connectivity index (χ2n) is 11.4. The number of piperazine rings is 1. The van der Waals surface area contributed by atoms with Crippen LogP contribution in [0.25, 0.3) is 0 Å². The standard InChI is InChI=1S/C32H36BrN3O8S/c1-32(2,3)43-31(39)36-19-17-35(18-20-36)29(37)28(34-30(38)42-22-24-7-5-4-6-8-24)21-23-9-13-26(14-10-23)44-45(40,41)27-15-11-25(33)12-16-27/h4-16,28H,17-22H2,1-3H3,(H,34,38)/t28-/m0/s1. The molecule has 1 saturated heterocycles. The average Bonchev–Trinajstić information content (AvgIpc) is 3.00. The highest BCUT2D eigenvalue weighted by Crippen LogP contribution is 2.22. The molecular weight excluding hydrogens is 666 g/mol. The smallest absolute Gasteiger partial charge is 0.410 e. The van der Waals surface area contributed by atoms with Crippen molar-refractivity contribution < 1.29 is 36.5 Å². The molecule has 0 bridgehead atoms. The third-order valence-corrected chi connectivity index (χ3v) is 8.51. The van der Waals surface area contributed by atoms with E-state index in [2.05, 4.69) is 21.2 Å². The predicted octanol–water partition coefficient (Wildman–Crippen LogP) is 5.13. The van der Waals surface area contributed by atoms with Gasteiger partial charge in [0.25, 0.3) is 0 Å². The fourth-order valence-electron chi connectivity index (χ4n) is 4.46. The number of rotatable bonds is 9. The Kier molecular flexibility index (Phi) is 11.1. The minimum absolute atomic E-state index is 0.00502. The molecule has 3 amide bonds. The molecule has 4 rings (SSSR count). The number of alkyl carbamates (subject to hydrolysis) is 1. The number of benzene rings is 3. The molecule has 11 nitrogen and oxygen atoms in total. The summed E-state index contributed by atoms with van der Waals surface area (Å²) in [6.45, 7) is 6.48. The van der Waals surface area contributed by atoms with Crippen molar-refractivity contribution in [2.24, 2.45) is 0 Å². The molecule has 240 valence electrons. The zero-order valence-electron chi connectivity index (χ0n) is 25.3. The third-order valence-electron chi connectivity index (χ3n) is 6.72. The van der Waals surface area contributed by atoms with Crippen LogP contribution in [0.15, 0.2) is 88.2 Å². The van der Waals surface area contributed by atoms with Crippen LogP contribution in [0.1, 0.15) is 31.9 Å². The molecule has 45 heavy (non-hydrogen) atoms. The lowest BCUT2D eigenvalue weighted by atomic mass is 10.0. The summed E-state index contributed by atoms with van der Waals surface area (Å²) in [6, 6.07) is 20.5. The van der Waals surface area contributed by atoms with Gasteiger partial charge < -0.3 is 28.8 Å². The van der Waals surface area contributed by atoms with Crippen LogP contribution >= 0.6 is 15.9 Å². The molecule has 0 saturated carbocycles. The van der Waals surface area contributed by atoms with E-state index in [1.54, 1.807) is 54.8 Å². The van der Waals surface area contributed by atoms with Crippen LogP contribution < -0.4 is 9.50 Å². The lowest BCUT2D eigenvalue weighted by Gasteiger charge is -2.37. The minimum Gasteiger partial charge on any atom is -0.445 e. The zero-order chi connectivity index (χ0) is 32.6. The number of hydrogen-bond acceptors (Lipinski definition) is 8. The molecule has 0 aliphatic carbocycles. The van der Waals surface area contributed by atoms with Gasteiger partial charge in [-0.05, 0) is 68.3 Å². The van der Waals surface area contributed by atoms with E-state index in [9.17, 15) is 22.8 Å². The number of halogens is 1. The molecule has 1 atom stereocenters. The second-order valence-corrected chi connectivity index (χ2v) is 13.9. The van der Waals surface area contributed by atoms with Crippen LogP contribution in [0, 0.1) is 0 Å². The first-order chi connectivity index (χ1) is 21.3. The van der Waals surface area contributed by atoms with Crippen molar-refractivity contribution in [1.29, 1.82) is 0 Å². The number of carbonyl (C=O) groups is 3. The normalized spacial score (nSPS) is 14.3. The molecule has 0 aromatic heterocycles. The molecule has 1 aliphatic heterocycles. The molecule has 1 N–H and O–H groups in total. The van der Waals surface area contributed by atoms with Crippen molar-refractivity contribution in [3.8, 4) is 5.75 Å². The predicted molar refractivity (Wildman–Crippen MR) is 170 cm³/mol. The summed E-state index contributed by atoms with van der Waals surface area (Å²) >= 11 is 3.28. The summed E-state index contributed by atoms with van der Waals surface area (Å²) in [7, 11) is -4.05. The van der Waals surface area contributed by atoms with Gasteiger partial charge in [0.1, 0.15) is 28.9 Å². The molecule has 0 unspecified atom stereocenters. The number of nitrogens with one attached hydrogen (secondary N) is 1. The van der Waals surface area contributed by atoms with E-state index in [4.69, 9.17) is 13.7 Å². The summed E-state index contributed by atoms with van der Waals surface area (Å²) in [6.07, 6.45) is -1.10. The Balaban J connectivity index is 1.43. The summed E-state index contributed by atoms with van der Waals surface area (Å²) in [5, 5.41) is 2.69. The van der Waals surface area contributed by atoms with Crippen molar-refractivity contribution in [1.82, 2.24) is 15.1 Å². The Labute approximate surface area is 271 Å². The first-order valence-electron chi connectivity index (χ1n) is 14.3. The lowest BCUT2D eigenvalue weighted by molar-refractivity contribution is -0.135. The van der Waals surface area contributed by atoms with Crippen molar-refractivity contribution in [3.63, 3.8) is 0 Å². The average molecular weight is 703 g/mol. The van der Waals surface area contributed by atoms with Gasteiger partial charge in [0, 0.05) is 37.1 Å². The maximum Gasteiger partial charge on any atom is 0.410 e. The van der Waals surface area contributed by atoms with Crippen LogP contribution in [-0.2, 0) is 37.4 Å². The number of carbonyl (C=O) groups excluding carboxylic acids is 3. The van der Waals surface area contributed by atoms with Gasteiger partial charge in [-0.25, -0.2) is 9.59 Å². The van der Waals surface area contributed by atoms with Crippen molar-refractivity contribution >= 4 is 44.1 Å². The van der Waals surface area contributed by atoms with Gasteiger partial charge >= 0.3 is 22.3 Å². The molecule has 3 aromatic rings. The number of hydrogen-bond donors (Lipinski definition) is 1. The third kappa shape index (κ3) is 10.2. The molecule has 1 heterocycles. The van der Waals surface area contributed by atoms with Gasteiger partial charge in [-0.3, -0.25) is 4.79 Å². The number of ether oxygens (including phenoxy) is 2. The largest absolute Gasteiger partial charge is 0.445 e. The molecule has 3 aromatic carbocycles. The van der Waals surface area contributed by atoms with Gasteiger partial charge in [0.15, 0.2) is 0 Å². The minimum atomic E-state index is -4.05. The van der Waals surface area contributed by atoms with Crippen molar-refractivity contribution in [2.75, 3.05) is 26.2 Å².